The van der Waals surface area contributed by atoms with Crippen LogP contribution in [0.2, 0.25) is 0 Å². The lowest BCUT2D eigenvalue weighted by Crippen LogP contribution is -2.30. The average Bonchev–Trinajstić information content (AvgIpc) is 2.50. The van der Waals surface area contributed by atoms with Crippen LogP contribution in [0.4, 0.5) is 11.4 Å². The second-order valence-corrected chi connectivity index (χ2v) is 5.33. The topological polar surface area (TPSA) is 50.1 Å². The summed E-state index contributed by atoms with van der Waals surface area (Å²) in [5.74, 6) is 0. The molecular weight excluding hydrogens is 278 g/mol. The van der Waals surface area contributed by atoms with Crippen LogP contribution >= 0.6 is 12.2 Å². The highest BCUT2D eigenvalue weighted by molar-refractivity contribution is 7.80. The molecule has 0 radical (unpaired) electrons. The third-order valence-electron chi connectivity index (χ3n) is 3.30. The first-order chi connectivity index (χ1) is 10.2. The minimum Gasteiger partial charge on any atom is -0.399 e. The minimum absolute atomic E-state index is 0.630. The van der Waals surface area contributed by atoms with E-state index in [4.69, 9.17) is 18.0 Å². The van der Waals surface area contributed by atoms with Crippen LogP contribution in [0.25, 0.3) is 0 Å². The molecule has 0 fully saturated rings. The standard InChI is InChI=1S/C17H21N3S/c1-2-13-3-5-14(6-4-13)11-12-19-17(21)20-16-9-7-15(18)8-10-16/h3-10H,2,11-12,18H2,1H3,(H2,19,20,21). The van der Waals surface area contributed by atoms with E-state index >= 15 is 0 Å². The van der Waals surface area contributed by atoms with Gasteiger partial charge in [0.2, 0.25) is 0 Å². The van der Waals surface area contributed by atoms with Crippen LogP contribution in [0.15, 0.2) is 48.5 Å². The number of thiocarbonyl (C=S) groups is 1. The zero-order valence-electron chi connectivity index (χ0n) is 12.2. The van der Waals surface area contributed by atoms with E-state index in [0.717, 1.165) is 30.8 Å². The number of nitrogens with two attached hydrogens (primary N) is 1. The zero-order chi connectivity index (χ0) is 15.1. The molecule has 0 saturated carbocycles. The second kappa shape index (κ2) is 7.64. The van der Waals surface area contributed by atoms with E-state index in [-0.39, 0.29) is 0 Å². The monoisotopic (exact) mass is 299 g/mol. The highest BCUT2D eigenvalue weighted by atomic mass is 32.1. The molecule has 0 aromatic heterocycles. The van der Waals surface area contributed by atoms with Crippen molar-refractivity contribution in [2.45, 2.75) is 19.8 Å². The van der Waals surface area contributed by atoms with E-state index < -0.39 is 0 Å². The van der Waals surface area contributed by atoms with Gasteiger partial charge in [-0.2, -0.15) is 0 Å². The van der Waals surface area contributed by atoms with Crippen molar-refractivity contribution in [1.82, 2.24) is 5.32 Å². The van der Waals surface area contributed by atoms with Gasteiger partial charge in [-0.1, -0.05) is 31.2 Å². The molecule has 2 rings (SSSR count). The van der Waals surface area contributed by atoms with E-state index in [1.54, 1.807) is 0 Å². The van der Waals surface area contributed by atoms with Crippen molar-refractivity contribution in [2.75, 3.05) is 17.6 Å². The molecule has 0 amide bonds. The Labute approximate surface area is 131 Å². The van der Waals surface area contributed by atoms with Crippen molar-refractivity contribution in [1.29, 1.82) is 0 Å². The number of nitrogens with one attached hydrogen (secondary N) is 2. The van der Waals surface area contributed by atoms with Crippen molar-refractivity contribution < 1.29 is 0 Å². The number of anilines is 2. The Kier molecular flexibility index (Phi) is 5.58. The predicted octanol–water partition coefficient (Wildman–Crippen LogP) is 3.36. The number of hydrogen-bond donors (Lipinski definition) is 3. The van der Waals surface area contributed by atoms with Crippen molar-refractivity contribution in [3.63, 3.8) is 0 Å². The molecule has 0 atom stereocenters. The zero-order valence-corrected chi connectivity index (χ0v) is 13.0. The predicted molar refractivity (Wildman–Crippen MR) is 94.6 cm³/mol. The van der Waals surface area contributed by atoms with E-state index in [1.807, 2.05) is 24.3 Å². The number of hydrogen-bond acceptors (Lipinski definition) is 2. The van der Waals surface area contributed by atoms with Crippen molar-refractivity contribution in [3.8, 4) is 0 Å². The maximum absolute atomic E-state index is 5.65. The summed E-state index contributed by atoms with van der Waals surface area (Å²) in [5.41, 5.74) is 10.0. The first-order valence-corrected chi connectivity index (χ1v) is 7.56. The summed E-state index contributed by atoms with van der Waals surface area (Å²) in [4.78, 5) is 0. The van der Waals surface area contributed by atoms with E-state index in [1.165, 1.54) is 11.1 Å². The summed E-state index contributed by atoms with van der Waals surface area (Å²) in [6, 6.07) is 16.2. The Morgan fingerprint density at radius 3 is 2.24 bits per heavy atom. The summed E-state index contributed by atoms with van der Waals surface area (Å²) in [6.45, 7) is 2.98. The molecule has 3 nitrogen and oxygen atoms in total. The van der Waals surface area contributed by atoms with Crippen molar-refractivity contribution in [2.24, 2.45) is 0 Å². The Balaban J connectivity index is 1.74. The smallest absolute Gasteiger partial charge is 0.170 e. The Morgan fingerprint density at radius 2 is 1.62 bits per heavy atom. The lowest BCUT2D eigenvalue weighted by molar-refractivity contribution is 0.872. The number of benzene rings is 2. The van der Waals surface area contributed by atoms with Gasteiger partial charge in [-0.15, -0.1) is 0 Å². The number of aryl methyl sites for hydroxylation is 1. The molecule has 0 spiro atoms. The third-order valence-corrected chi connectivity index (χ3v) is 3.55. The quantitative estimate of drug-likeness (QED) is 0.585. The third kappa shape index (κ3) is 5.08. The van der Waals surface area contributed by atoms with Crippen LogP contribution in [0, 0.1) is 0 Å². The molecule has 0 unspecified atom stereocenters. The molecule has 0 heterocycles. The molecule has 0 aliphatic carbocycles. The minimum atomic E-state index is 0.630. The summed E-state index contributed by atoms with van der Waals surface area (Å²) >= 11 is 5.27. The molecule has 110 valence electrons. The second-order valence-electron chi connectivity index (χ2n) is 4.92. The molecule has 2 aromatic carbocycles. The van der Waals surface area contributed by atoms with E-state index in [9.17, 15) is 0 Å². The van der Waals surface area contributed by atoms with Crippen LogP contribution < -0.4 is 16.4 Å². The van der Waals surface area contributed by atoms with Crippen molar-refractivity contribution >= 4 is 28.7 Å². The maximum Gasteiger partial charge on any atom is 0.170 e. The number of nitrogen functional groups attached to an aromatic ring is 1. The van der Waals surface area contributed by atoms with Crippen LogP contribution in [0.3, 0.4) is 0 Å². The SMILES string of the molecule is CCc1ccc(CCNC(=S)Nc2ccc(N)cc2)cc1. The van der Waals surface area contributed by atoms with Gasteiger partial charge in [0.1, 0.15) is 0 Å². The average molecular weight is 299 g/mol. The van der Waals surface area contributed by atoms with Crippen LogP contribution in [-0.4, -0.2) is 11.7 Å². The molecule has 2 aromatic rings. The highest BCUT2D eigenvalue weighted by Gasteiger charge is 1.98. The van der Waals surface area contributed by atoms with Crippen LogP contribution in [-0.2, 0) is 12.8 Å². The highest BCUT2D eigenvalue weighted by Crippen LogP contribution is 2.10. The van der Waals surface area contributed by atoms with E-state index in [2.05, 4.69) is 41.8 Å². The molecule has 0 aliphatic heterocycles. The molecule has 4 N–H and O–H groups in total. The van der Waals surface area contributed by atoms with Gasteiger partial charge in [-0.05, 0) is 60.5 Å². The van der Waals surface area contributed by atoms with Gasteiger partial charge >= 0.3 is 0 Å². The Bertz CT molecular complexity index is 576. The first kappa shape index (κ1) is 15.3. The van der Waals surface area contributed by atoms with Crippen molar-refractivity contribution in [3.05, 3.63) is 59.7 Å². The summed E-state index contributed by atoms with van der Waals surface area (Å²) in [5, 5.41) is 6.98. The lowest BCUT2D eigenvalue weighted by atomic mass is 10.1. The van der Waals surface area contributed by atoms with Gasteiger partial charge in [0.15, 0.2) is 5.11 Å². The molecular formula is C17H21N3S. The summed E-state index contributed by atoms with van der Waals surface area (Å²) < 4.78 is 0. The van der Waals surface area contributed by atoms with Crippen LogP contribution in [0.5, 0.6) is 0 Å². The Hall–Kier alpha value is -2.07. The molecule has 0 saturated heterocycles. The summed E-state index contributed by atoms with van der Waals surface area (Å²) in [6.07, 6.45) is 2.03. The van der Waals surface area contributed by atoms with Crippen LogP contribution in [0.1, 0.15) is 18.1 Å². The largest absolute Gasteiger partial charge is 0.399 e. The fraction of sp³-hybridized carbons (Fsp3) is 0.235. The fourth-order valence-corrected chi connectivity index (χ4v) is 2.22. The van der Waals surface area contributed by atoms with Gasteiger partial charge in [0, 0.05) is 17.9 Å². The summed E-state index contributed by atoms with van der Waals surface area (Å²) in [7, 11) is 0. The normalized spacial score (nSPS) is 10.1. The molecule has 0 bridgehead atoms. The van der Waals surface area contributed by atoms with E-state index in [0.29, 0.717) is 5.11 Å². The Morgan fingerprint density at radius 1 is 1.00 bits per heavy atom. The molecule has 21 heavy (non-hydrogen) atoms. The molecule has 4 heteroatoms. The van der Waals surface area contributed by atoms with Gasteiger partial charge in [-0.3, -0.25) is 0 Å². The van der Waals surface area contributed by atoms with Gasteiger partial charge in [0.05, 0.1) is 0 Å². The first-order valence-electron chi connectivity index (χ1n) is 7.15. The number of rotatable bonds is 5. The lowest BCUT2D eigenvalue weighted by Gasteiger charge is -2.11. The van der Waals surface area contributed by atoms with Gasteiger partial charge < -0.3 is 16.4 Å². The molecule has 0 aliphatic rings. The fourth-order valence-electron chi connectivity index (χ4n) is 2.00. The van der Waals surface area contributed by atoms with Gasteiger partial charge in [0.25, 0.3) is 0 Å². The maximum atomic E-state index is 5.65. The van der Waals surface area contributed by atoms with Gasteiger partial charge in [-0.25, -0.2) is 0 Å².